The molecule has 13 nitrogen and oxygen atoms in total. The van der Waals surface area contributed by atoms with E-state index in [4.69, 9.17) is 4.74 Å². The Morgan fingerprint density at radius 2 is 1.74 bits per heavy atom. The number of aromatic carboxylic acids is 1. The van der Waals surface area contributed by atoms with Crippen molar-refractivity contribution in [3.05, 3.63) is 59.7 Å². The van der Waals surface area contributed by atoms with Crippen LogP contribution in [-0.2, 0) is 29.1 Å². The summed E-state index contributed by atoms with van der Waals surface area (Å²) in [6.07, 6.45) is -1.86. The van der Waals surface area contributed by atoms with Gasteiger partial charge >= 0.3 is 18.2 Å². The summed E-state index contributed by atoms with van der Waals surface area (Å²) in [6.45, 7) is 3.36. The number of allylic oxidation sites excluding steroid dienone is 1. The van der Waals surface area contributed by atoms with Crippen molar-refractivity contribution >= 4 is 50.6 Å². The molecule has 0 radical (unpaired) electrons. The molecule has 4 aliphatic rings. The fraction of sp³-hybridized carbons (Fsp3) is 0.575. The van der Waals surface area contributed by atoms with Crippen LogP contribution in [0.25, 0.3) is 10.8 Å². The molecule has 4 N–H and O–H groups in total. The molecule has 4 amide bonds. The van der Waals surface area contributed by atoms with Gasteiger partial charge in [0, 0.05) is 18.4 Å². The number of ether oxygens (including phenoxy) is 1. The molecule has 316 valence electrons. The average Bonchev–Trinajstić information content (AvgIpc) is 4.04. The summed E-state index contributed by atoms with van der Waals surface area (Å²) >= 11 is 0. The molecule has 0 spiro atoms. The second kappa shape index (κ2) is 15.5. The van der Waals surface area contributed by atoms with E-state index in [1.54, 1.807) is 49.4 Å². The standard InChI is InChI=1S/C40H48F4N4O9S/c1-22-9-5-7-11-26-19-39(26,35(53)47-58(55,56)38(21-41)15-16-38)46-32(49)29-18-25(30-27-12-8-6-10-24(27)13-14-28(30)34(51)52)20-48(29)33(50)31(23(2)17-22)45-36(54)57-37(3,4)40(42,43)44/h6-8,10-14,22-23,25-26,29,31H,5,9,15-21H2,1-4H3,(H,45,54)(H,46,49)(H,47,53)(H,51,52)/b11-7-/t22-,23-,25+,26-,29+,31+,39-/m1/s1. The van der Waals surface area contributed by atoms with Crippen LogP contribution in [0, 0.1) is 17.8 Å². The van der Waals surface area contributed by atoms with Crippen LogP contribution >= 0.6 is 0 Å². The summed E-state index contributed by atoms with van der Waals surface area (Å²) < 4.78 is 86.5. The third-order valence-corrected chi connectivity index (χ3v) is 14.3. The van der Waals surface area contributed by atoms with E-state index in [1.165, 1.54) is 6.07 Å². The molecule has 2 aromatic carbocycles. The van der Waals surface area contributed by atoms with Gasteiger partial charge in [-0.25, -0.2) is 22.4 Å². The number of hydrogen-bond donors (Lipinski definition) is 4. The minimum Gasteiger partial charge on any atom is -0.478 e. The molecule has 2 aliphatic carbocycles. The Bertz CT molecular complexity index is 2140. The highest BCUT2D eigenvalue weighted by molar-refractivity contribution is 7.91. The monoisotopic (exact) mass is 836 g/mol. The molecular formula is C40H48F4N4O9S. The average molecular weight is 837 g/mol. The Morgan fingerprint density at radius 3 is 2.38 bits per heavy atom. The number of alkyl halides is 4. The van der Waals surface area contributed by atoms with Gasteiger partial charge < -0.3 is 25.4 Å². The van der Waals surface area contributed by atoms with Crippen molar-refractivity contribution in [3.63, 3.8) is 0 Å². The molecule has 0 bridgehead atoms. The molecule has 2 heterocycles. The molecule has 3 fully saturated rings. The summed E-state index contributed by atoms with van der Waals surface area (Å²) in [5.41, 5.74) is -4.52. The van der Waals surface area contributed by atoms with Crippen molar-refractivity contribution in [1.29, 1.82) is 0 Å². The predicted molar refractivity (Wildman–Crippen MR) is 203 cm³/mol. The number of alkyl carbamates (subject to hydrolysis) is 1. The van der Waals surface area contributed by atoms with Crippen molar-refractivity contribution in [2.75, 3.05) is 13.2 Å². The normalized spacial score (nSPS) is 29.5. The van der Waals surface area contributed by atoms with Crippen molar-refractivity contribution in [2.45, 2.75) is 113 Å². The molecule has 2 aliphatic heterocycles. The van der Waals surface area contributed by atoms with E-state index in [9.17, 15) is 55.1 Å². The third kappa shape index (κ3) is 8.12. The minimum atomic E-state index is -4.96. The summed E-state index contributed by atoms with van der Waals surface area (Å²) in [7, 11) is -4.49. The van der Waals surface area contributed by atoms with Gasteiger partial charge in [0.25, 0.3) is 5.91 Å². The molecule has 6 rings (SSSR count). The quantitative estimate of drug-likeness (QED) is 0.197. The first-order chi connectivity index (χ1) is 27.1. The molecule has 1 saturated heterocycles. The topological polar surface area (TPSA) is 188 Å². The fourth-order valence-electron chi connectivity index (χ4n) is 8.28. The Hall–Kier alpha value is -4.74. The van der Waals surface area contributed by atoms with Gasteiger partial charge in [0.2, 0.25) is 27.4 Å². The first-order valence-electron chi connectivity index (χ1n) is 19.3. The first-order valence-corrected chi connectivity index (χ1v) is 20.8. The van der Waals surface area contributed by atoms with E-state index < -0.39 is 98.4 Å². The van der Waals surface area contributed by atoms with Crippen molar-refractivity contribution in [1.82, 2.24) is 20.3 Å². The highest BCUT2D eigenvalue weighted by Crippen LogP contribution is 2.48. The summed E-state index contributed by atoms with van der Waals surface area (Å²) in [5.74, 6) is -6.41. The van der Waals surface area contributed by atoms with E-state index in [1.807, 2.05) is 11.6 Å². The van der Waals surface area contributed by atoms with Gasteiger partial charge in [-0.05, 0) is 93.0 Å². The highest BCUT2D eigenvalue weighted by atomic mass is 32.2. The number of halogens is 4. The van der Waals surface area contributed by atoms with Crippen molar-refractivity contribution < 1.29 is 59.8 Å². The Morgan fingerprint density at radius 1 is 1.05 bits per heavy atom. The van der Waals surface area contributed by atoms with Crippen LogP contribution in [0.3, 0.4) is 0 Å². The lowest BCUT2D eigenvalue weighted by molar-refractivity contribution is -0.244. The van der Waals surface area contributed by atoms with Crippen LogP contribution in [0.2, 0.25) is 0 Å². The van der Waals surface area contributed by atoms with Gasteiger partial charge in [0.1, 0.15) is 29.0 Å². The van der Waals surface area contributed by atoms with Crippen LogP contribution < -0.4 is 15.4 Å². The number of carboxylic acid groups (broad SMARTS) is 1. The molecule has 18 heteroatoms. The van der Waals surface area contributed by atoms with E-state index >= 15 is 0 Å². The van der Waals surface area contributed by atoms with Crippen LogP contribution in [0.4, 0.5) is 22.4 Å². The third-order valence-electron chi connectivity index (χ3n) is 12.2. The van der Waals surface area contributed by atoms with Crippen LogP contribution in [0.15, 0.2) is 48.6 Å². The smallest absolute Gasteiger partial charge is 0.427 e. The lowest BCUT2D eigenvalue weighted by Gasteiger charge is -2.34. The number of benzene rings is 2. The maximum atomic E-state index is 14.9. The van der Waals surface area contributed by atoms with E-state index in [-0.39, 0.29) is 43.7 Å². The number of nitrogens with zero attached hydrogens (tertiary/aromatic N) is 1. The molecule has 2 aromatic rings. The van der Waals surface area contributed by atoms with Crippen molar-refractivity contribution in [3.8, 4) is 0 Å². The fourth-order valence-corrected chi connectivity index (χ4v) is 9.71. The summed E-state index contributed by atoms with van der Waals surface area (Å²) in [6, 6.07) is 6.99. The van der Waals surface area contributed by atoms with Crippen LogP contribution in [0.5, 0.6) is 0 Å². The molecular weight excluding hydrogens is 789 g/mol. The number of fused-ring (bicyclic) bond motifs is 3. The second-order valence-electron chi connectivity index (χ2n) is 16.9. The molecule has 0 unspecified atom stereocenters. The van der Waals surface area contributed by atoms with Gasteiger partial charge in [-0.1, -0.05) is 56.3 Å². The van der Waals surface area contributed by atoms with Gasteiger partial charge in [-0.3, -0.25) is 19.1 Å². The maximum Gasteiger partial charge on any atom is 0.427 e. The largest absolute Gasteiger partial charge is 0.478 e. The van der Waals surface area contributed by atoms with Gasteiger partial charge in [0.15, 0.2) is 0 Å². The van der Waals surface area contributed by atoms with Crippen molar-refractivity contribution in [2.24, 2.45) is 17.8 Å². The number of nitrogens with one attached hydrogen (secondary N) is 3. The summed E-state index contributed by atoms with van der Waals surface area (Å²) in [4.78, 5) is 70.3. The van der Waals surface area contributed by atoms with Gasteiger partial charge in [-0.15, -0.1) is 0 Å². The summed E-state index contributed by atoms with van der Waals surface area (Å²) in [5, 5.41) is 16.5. The zero-order chi connectivity index (χ0) is 42.6. The lowest BCUT2D eigenvalue weighted by Crippen LogP contribution is -2.60. The zero-order valence-corrected chi connectivity index (χ0v) is 33.3. The lowest BCUT2D eigenvalue weighted by atomic mass is 9.87. The highest BCUT2D eigenvalue weighted by Gasteiger charge is 2.64. The molecule has 58 heavy (non-hydrogen) atoms. The van der Waals surface area contributed by atoms with Gasteiger partial charge in [0.05, 0.1) is 5.56 Å². The maximum absolute atomic E-state index is 14.9. The van der Waals surface area contributed by atoms with Crippen LogP contribution in [0.1, 0.15) is 94.5 Å². The predicted octanol–water partition coefficient (Wildman–Crippen LogP) is 5.49. The van der Waals surface area contributed by atoms with Gasteiger partial charge in [-0.2, -0.15) is 13.2 Å². The number of sulfonamides is 1. The number of rotatable bonds is 8. The number of carbonyl (C=O) groups excluding carboxylic acids is 4. The zero-order valence-electron chi connectivity index (χ0n) is 32.5. The number of carboxylic acids is 1. The second-order valence-corrected chi connectivity index (χ2v) is 18.9. The SMILES string of the molecule is C[C@@H]1CC/C=C\[C@@H]2C[C@@]2(C(=O)NS(=O)(=O)C2(CF)CC2)NC(=O)[C@@H]2C[C@H](c3c(C(=O)O)ccc4ccccc34)CN2C(=O)[C@@H](NC(=O)OC(C)(C)C(F)(F)F)[C@H](C)C1. The van der Waals surface area contributed by atoms with E-state index in [0.717, 1.165) is 4.90 Å². The Labute approximate surface area is 333 Å². The first kappa shape index (κ1) is 42.9. The molecule has 2 saturated carbocycles. The van der Waals surface area contributed by atoms with E-state index in [0.29, 0.717) is 49.4 Å². The Kier molecular flexibility index (Phi) is 11.4. The van der Waals surface area contributed by atoms with Crippen LogP contribution in [-0.4, -0.2) is 95.6 Å². The molecule has 7 atom stereocenters. The molecule has 0 aromatic heterocycles. The number of amides is 4. The Balaban J connectivity index is 1.42. The van der Waals surface area contributed by atoms with E-state index in [2.05, 4.69) is 10.6 Å². The minimum absolute atomic E-state index is 0.00882. The number of carbonyl (C=O) groups is 5. The number of hydrogen-bond acceptors (Lipinski definition) is 8.